The molecule has 0 fully saturated rings. The number of ether oxygens (including phenoxy) is 2. The number of pyridine rings is 1. The van der Waals surface area contributed by atoms with E-state index in [-0.39, 0.29) is 0 Å². The lowest BCUT2D eigenvalue weighted by Crippen LogP contribution is -2.01. The molecule has 0 aliphatic carbocycles. The molecule has 0 saturated carbocycles. The van der Waals surface area contributed by atoms with Crippen LogP contribution >= 0.6 is 11.6 Å². The van der Waals surface area contributed by atoms with Crippen LogP contribution in [-0.4, -0.2) is 12.1 Å². The molecule has 3 nitrogen and oxygen atoms in total. The van der Waals surface area contributed by atoms with Gasteiger partial charge in [0.15, 0.2) is 0 Å². The Labute approximate surface area is 169 Å². The van der Waals surface area contributed by atoms with Gasteiger partial charge in [-0.2, -0.15) is 0 Å². The van der Waals surface area contributed by atoms with Crippen molar-refractivity contribution in [1.82, 2.24) is 4.98 Å². The van der Waals surface area contributed by atoms with Crippen LogP contribution in [0, 0.1) is 6.92 Å². The van der Waals surface area contributed by atoms with Crippen molar-refractivity contribution in [1.29, 1.82) is 0 Å². The second-order valence-electron chi connectivity index (χ2n) is 6.59. The highest BCUT2D eigenvalue weighted by Gasteiger charge is 2.14. The lowest BCUT2D eigenvalue weighted by Gasteiger charge is -2.14. The number of hydrogen-bond acceptors (Lipinski definition) is 3. The maximum atomic E-state index is 6.48. The summed E-state index contributed by atoms with van der Waals surface area (Å²) in [6.07, 6.45) is 0. The van der Waals surface area contributed by atoms with E-state index in [4.69, 9.17) is 26.1 Å². The maximum absolute atomic E-state index is 6.48. The quantitative estimate of drug-likeness (QED) is 0.393. The van der Waals surface area contributed by atoms with Gasteiger partial charge in [-0.05, 0) is 48.9 Å². The van der Waals surface area contributed by atoms with E-state index in [1.54, 1.807) is 7.11 Å². The minimum absolute atomic E-state index is 0.393. The summed E-state index contributed by atoms with van der Waals surface area (Å²) in [6.45, 7) is 2.46. The monoisotopic (exact) mass is 389 g/mol. The average Bonchev–Trinajstić information content (AvgIpc) is 2.73. The zero-order chi connectivity index (χ0) is 19.5. The van der Waals surface area contributed by atoms with Crippen LogP contribution in [0.25, 0.3) is 22.2 Å². The second-order valence-corrected chi connectivity index (χ2v) is 6.99. The first-order valence-corrected chi connectivity index (χ1v) is 9.44. The summed E-state index contributed by atoms with van der Waals surface area (Å²) >= 11 is 6.48. The van der Waals surface area contributed by atoms with E-state index >= 15 is 0 Å². The molecule has 0 radical (unpaired) electrons. The first-order valence-electron chi connectivity index (χ1n) is 9.07. The van der Waals surface area contributed by atoms with Gasteiger partial charge in [-0.1, -0.05) is 48.0 Å². The van der Waals surface area contributed by atoms with E-state index in [9.17, 15) is 0 Å². The lowest BCUT2D eigenvalue weighted by molar-refractivity contribution is 0.306. The van der Waals surface area contributed by atoms with Gasteiger partial charge >= 0.3 is 0 Å². The smallest absolute Gasteiger partial charge is 0.120 e. The summed E-state index contributed by atoms with van der Waals surface area (Å²) in [7, 11) is 1.65. The molecule has 0 spiro atoms. The van der Waals surface area contributed by atoms with Gasteiger partial charge < -0.3 is 9.47 Å². The molecule has 0 aliphatic heterocycles. The van der Waals surface area contributed by atoms with Crippen molar-refractivity contribution in [2.24, 2.45) is 0 Å². The molecule has 4 aromatic rings. The van der Waals surface area contributed by atoms with Crippen LogP contribution in [0.15, 0.2) is 72.8 Å². The summed E-state index contributed by atoms with van der Waals surface area (Å²) < 4.78 is 11.2. The third-order valence-electron chi connectivity index (χ3n) is 4.71. The first kappa shape index (κ1) is 18.3. The number of benzene rings is 3. The van der Waals surface area contributed by atoms with E-state index in [0.717, 1.165) is 44.8 Å². The Balaban J connectivity index is 1.76. The van der Waals surface area contributed by atoms with Crippen molar-refractivity contribution in [2.75, 3.05) is 7.11 Å². The molecule has 140 valence electrons. The summed E-state index contributed by atoms with van der Waals surface area (Å²) in [5.41, 5.74) is 4.85. The Kier molecular flexibility index (Phi) is 5.18. The molecule has 0 bridgehead atoms. The van der Waals surface area contributed by atoms with Crippen molar-refractivity contribution in [2.45, 2.75) is 13.5 Å². The number of nitrogens with zero attached hydrogens (tertiary/aromatic N) is 1. The summed E-state index contributed by atoms with van der Waals surface area (Å²) in [6, 6.07) is 23.6. The van der Waals surface area contributed by atoms with Crippen molar-refractivity contribution >= 4 is 22.5 Å². The number of fused-ring (bicyclic) bond motifs is 1. The predicted molar refractivity (Wildman–Crippen MR) is 114 cm³/mol. The highest BCUT2D eigenvalue weighted by Crippen LogP contribution is 2.32. The Bertz CT molecular complexity index is 1120. The van der Waals surface area contributed by atoms with Crippen LogP contribution in [0.5, 0.6) is 11.5 Å². The van der Waals surface area contributed by atoms with E-state index < -0.39 is 0 Å². The van der Waals surface area contributed by atoms with E-state index in [0.29, 0.717) is 11.6 Å². The molecule has 0 amide bonds. The summed E-state index contributed by atoms with van der Waals surface area (Å²) in [5.74, 6) is 1.57. The minimum Gasteiger partial charge on any atom is -0.497 e. The van der Waals surface area contributed by atoms with Crippen LogP contribution < -0.4 is 9.47 Å². The predicted octanol–water partition coefficient (Wildman–Crippen LogP) is 6.45. The number of aromatic nitrogens is 1. The number of hydrogen-bond donors (Lipinski definition) is 0. The molecule has 1 aromatic heterocycles. The molecule has 0 unspecified atom stereocenters. The molecule has 0 aliphatic rings. The van der Waals surface area contributed by atoms with Crippen LogP contribution in [-0.2, 0) is 6.61 Å². The van der Waals surface area contributed by atoms with Crippen molar-refractivity contribution in [3.8, 4) is 22.8 Å². The van der Waals surface area contributed by atoms with Gasteiger partial charge in [0.25, 0.3) is 0 Å². The average molecular weight is 390 g/mol. The van der Waals surface area contributed by atoms with Gasteiger partial charge in [0.2, 0.25) is 0 Å². The number of methoxy groups -OCH3 is 1. The minimum atomic E-state index is 0.393. The number of rotatable bonds is 5. The van der Waals surface area contributed by atoms with Crippen LogP contribution in [0.2, 0.25) is 5.02 Å². The van der Waals surface area contributed by atoms with Crippen LogP contribution in [0.1, 0.15) is 11.1 Å². The molecule has 28 heavy (non-hydrogen) atoms. The van der Waals surface area contributed by atoms with Gasteiger partial charge in [0, 0.05) is 21.5 Å². The Hall–Kier alpha value is -3.04. The third-order valence-corrected chi connectivity index (χ3v) is 5.04. The van der Waals surface area contributed by atoms with Crippen LogP contribution in [0.3, 0.4) is 0 Å². The molecule has 3 aromatic carbocycles. The number of para-hydroxylation sites is 1. The maximum Gasteiger partial charge on any atom is 0.120 e. The molecular weight excluding hydrogens is 370 g/mol. The van der Waals surface area contributed by atoms with Crippen LogP contribution in [0.4, 0.5) is 0 Å². The van der Waals surface area contributed by atoms with Gasteiger partial charge in [-0.25, -0.2) is 4.98 Å². The molecule has 4 heteroatoms. The van der Waals surface area contributed by atoms with E-state index in [2.05, 4.69) is 25.1 Å². The van der Waals surface area contributed by atoms with Crippen molar-refractivity contribution in [3.05, 3.63) is 88.9 Å². The fraction of sp³-hybridized carbons (Fsp3) is 0.125. The van der Waals surface area contributed by atoms with Gasteiger partial charge in [-0.3, -0.25) is 0 Å². The molecule has 0 N–H and O–H groups in total. The fourth-order valence-corrected chi connectivity index (χ4v) is 3.45. The zero-order valence-corrected chi connectivity index (χ0v) is 16.5. The number of halogens is 1. The second kappa shape index (κ2) is 7.91. The standard InChI is InChI=1S/C24H20ClNO2/c1-16-6-5-7-17-14-18(15-28-20-12-10-19(27-2)11-13-20)24(26-23(16)17)21-8-3-4-9-22(21)25/h3-14H,15H2,1-2H3. The molecule has 4 rings (SSSR count). The van der Waals surface area contributed by atoms with E-state index in [1.165, 1.54) is 0 Å². The van der Waals surface area contributed by atoms with Gasteiger partial charge in [0.1, 0.15) is 18.1 Å². The van der Waals surface area contributed by atoms with Crippen molar-refractivity contribution < 1.29 is 9.47 Å². The fourth-order valence-electron chi connectivity index (χ4n) is 3.22. The number of aryl methyl sites for hydroxylation is 1. The highest BCUT2D eigenvalue weighted by atomic mass is 35.5. The van der Waals surface area contributed by atoms with Crippen molar-refractivity contribution in [3.63, 3.8) is 0 Å². The summed E-state index contributed by atoms with van der Waals surface area (Å²) in [4.78, 5) is 4.96. The Morgan fingerprint density at radius 3 is 2.39 bits per heavy atom. The van der Waals surface area contributed by atoms with E-state index in [1.807, 2.05) is 54.6 Å². The lowest BCUT2D eigenvalue weighted by atomic mass is 10.0. The molecule has 1 heterocycles. The molecule has 0 saturated heterocycles. The normalized spacial score (nSPS) is 10.8. The Morgan fingerprint density at radius 1 is 0.893 bits per heavy atom. The highest BCUT2D eigenvalue weighted by molar-refractivity contribution is 6.33. The van der Waals surface area contributed by atoms with Gasteiger partial charge in [-0.15, -0.1) is 0 Å². The largest absolute Gasteiger partial charge is 0.497 e. The summed E-state index contributed by atoms with van der Waals surface area (Å²) in [5, 5.41) is 1.76. The molecule has 0 atom stereocenters. The topological polar surface area (TPSA) is 31.4 Å². The first-order chi connectivity index (χ1) is 13.7. The SMILES string of the molecule is COc1ccc(OCc2cc3cccc(C)c3nc2-c2ccccc2Cl)cc1. The zero-order valence-electron chi connectivity index (χ0n) is 15.8. The molecular formula is C24H20ClNO2. The Morgan fingerprint density at radius 2 is 1.64 bits per heavy atom. The third kappa shape index (κ3) is 3.67. The van der Waals surface area contributed by atoms with Gasteiger partial charge in [0.05, 0.1) is 18.3 Å².